The smallest absolute Gasteiger partial charge is 0.315 e. The van der Waals surface area contributed by atoms with Crippen LogP contribution in [0.5, 0.6) is 0 Å². The third kappa shape index (κ3) is 8.37. The summed E-state index contributed by atoms with van der Waals surface area (Å²) in [6.45, 7) is 4.39. The Hall–Kier alpha value is -1.79. The van der Waals surface area contributed by atoms with Gasteiger partial charge in [0.05, 0.1) is 6.42 Å². The van der Waals surface area contributed by atoms with Crippen molar-refractivity contribution in [3.05, 3.63) is 0 Å². The number of carboxylic acids is 1. The Morgan fingerprint density at radius 2 is 1.83 bits per heavy atom. The molecule has 104 valence electrons. The van der Waals surface area contributed by atoms with Crippen molar-refractivity contribution in [2.45, 2.75) is 39.2 Å². The Morgan fingerprint density at radius 1 is 1.17 bits per heavy atom. The zero-order valence-electron chi connectivity index (χ0n) is 10.8. The minimum atomic E-state index is -0.954. The van der Waals surface area contributed by atoms with Gasteiger partial charge in [-0.25, -0.2) is 4.79 Å². The number of urea groups is 1. The van der Waals surface area contributed by atoms with Crippen molar-refractivity contribution < 1.29 is 19.5 Å². The van der Waals surface area contributed by atoms with E-state index in [-0.39, 0.29) is 25.3 Å². The van der Waals surface area contributed by atoms with Crippen LogP contribution in [0.15, 0.2) is 0 Å². The molecule has 0 aromatic rings. The molecule has 0 saturated carbocycles. The van der Waals surface area contributed by atoms with Crippen molar-refractivity contribution in [2.75, 3.05) is 13.1 Å². The second-order valence-electron chi connectivity index (χ2n) is 3.81. The molecule has 1 unspecified atom stereocenters. The van der Waals surface area contributed by atoms with Gasteiger partial charge in [0, 0.05) is 25.6 Å². The summed E-state index contributed by atoms with van der Waals surface area (Å²) in [5.41, 5.74) is 0. The minimum absolute atomic E-state index is 0.111. The molecule has 0 rings (SSSR count). The highest BCUT2D eigenvalue weighted by atomic mass is 16.4. The number of hydrogen-bond acceptors (Lipinski definition) is 3. The van der Waals surface area contributed by atoms with Crippen molar-refractivity contribution in [1.29, 1.82) is 0 Å². The lowest BCUT2D eigenvalue weighted by Crippen LogP contribution is -2.43. The van der Waals surface area contributed by atoms with Crippen LogP contribution < -0.4 is 16.0 Å². The van der Waals surface area contributed by atoms with Crippen LogP contribution in [0.25, 0.3) is 0 Å². The van der Waals surface area contributed by atoms with Gasteiger partial charge in [0.25, 0.3) is 0 Å². The first-order valence-corrected chi connectivity index (χ1v) is 6.02. The lowest BCUT2D eigenvalue weighted by atomic mass is 10.1. The fourth-order valence-corrected chi connectivity index (χ4v) is 1.32. The summed E-state index contributed by atoms with van der Waals surface area (Å²) in [5, 5.41) is 16.3. The molecular weight excluding hydrogens is 238 g/mol. The maximum Gasteiger partial charge on any atom is 0.315 e. The van der Waals surface area contributed by atoms with E-state index in [1.807, 2.05) is 6.92 Å². The van der Waals surface area contributed by atoms with E-state index in [2.05, 4.69) is 16.0 Å². The molecule has 0 saturated heterocycles. The highest BCUT2D eigenvalue weighted by Gasteiger charge is 2.13. The largest absolute Gasteiger partial charge is 0.481 e. The standard InChI is InChI=1S/C11H21N3O4/c1-3-8(7-10(16)17)14-11(18)13-6-5-9(15)12-4-2/h8H,3-7H2,1-2H3,(H,12,15)(H,16,17)(H2,13,14,18). The Morgan fingerprint density at radius 3 is 2.33 bits per heavy atom. The van der Waals surface area contributed by atoms with Crippen molar-refractivity contribution in [3.8, 4) is 0 Å². The fourth-order valence-electron chi connectivity index (χ4n) is 1.32. The molecule has 0 aromatic heterocycles. The second-order valence-corrected chi connectivity index (χ2v) is 3.81. The van der Waals surface area contributed by atoms with Gasteiger partial charge in [-0.1, -0.05) is 6.92 Å². The highest BCUT2D eigenvalue weighted by Crippen LogP contribution is 1.96. The van der Waals surface area contributed by atoms with Crippen LogP contribution in [0.1, 0.15) is 33.1 Å². The van der Waals surface area contributed by atoms with Crippen molar-refractivity contribution >= 4 is 17.9 Å². The molecular formula is C11H21N3O4. The monoisotopic (exact) mass is 259 g/mol. The second kappa shape index (κ2) is 9.26. The zero-order valence-corrected chi connectivity index (χ0v) is 10.8. The minimum Gasteiger partial charge on any atom is -0.481 e. The molecule has 0 radical (unpaired) electrons. The van der Waals surface area contributed by atoms with Gasteiger partial charge >= 0.3 is 12.0 Å². The molecule has 0 aliphatic heterocycles. The quantitative estimate of drug-likeness (QED) is 0.494. The molecule has 0 heterocycles. The molecule has 0 aromatic carbocycles. The van der Waals surface area contributed by atoms with Gasteiger partial charge in [-0.2, -0.15) is 0 Å². The molecule has 7 nitrogen and oxygen atoms in total. The normalized spacial score (nSPS) is 11.4. The number of aliphatic carboxylic acids is 1. The zero-order chi connectivity index (χ0) is 14.0. The summed E-state index contributed by atoms with van der Waals surface area (Å²) in [6.07, 6.45) is 0.632. The van der Waals surface area contributed by atoms with E-state index >= 15 is 0 Å². The molecule has 3 amide bonds. The van der Waals surface area contributed by atoms with Gasteiger partial charge in [-0.3, -0.25) is 9.59 Å². The van der Waals surface area contributed by atoms with E-state index < -0.39 is 18.0 Å². The first kappa shape index (κ1) is 16.2. The van der Waals surface area contributed by atoms with Crippen LogP contribution in [0, 0.1) is 0 Å². The topological polar surface area (TPSA) is 108 Å². The number of rotatable bonds is 8. The molecule has 7 heteroatoms. The lowest BCUT2D eigenvalue weighted by molar-refractivity contribution is -0.137. The first-order valence-electron chi connectivity index (χ1n) is 6.02. The van der Waals surface area contributed by atoms with Gasteiger partial charge in [-0.15, -0.1) is 0 Å². The van der Waals surface area contributed by atoms with Crippen LogP contribution in [-0.4, -0.2) is 42.1 Å². The highest BCUT2D eigenvalue weighted by molar-refractivity contribution is 5.78. The summed E-state index contributed by atoms with van der Waals surface area (Å²) < 4.78 is 0. The number of carboxylic acid groups (broad SMARTS) is 1. The molecule has 0 fully saturated rings. The lowest BCUT2D eigenvalue weighted by Gasteiger charge is -2.15. The molecule has 0 spiro atoms. The van der Waals surface area contributed by atoms with Crippen LogP contribution in [0.2, 0.25) is 0 Å². The third-order valence-electron chi connectivity index (χ3n) is 2.26. The van der Waals surface area contributed by atoms with Gasteiger partial charge < -0.3 is 21.1 Å². The third-order valence-corrected chi connectivity index (χ3v) is 2.26. The first-order chi connectivity index (χ1) is 8.49. The summed E-state index contributed by atoms with van der Waals surface area (Å²) >= 11 is 0. The van der Waals surface area contributed by atoms with Crippen LogP contribution in [-0.2, 0) is 9.59 Å². The average Bonchev–Trinajstić information content (AvgIpc) is 2.27. The Kier molecular flexibility index (Phi) is 8.34. The predicted octanol–water partition coefficient (Wildman–Crippen LogP) is 0.0651. The summed E-state index contributed by atoms with van der Waals surface area (Å²) in [4.78, 5) is 33.0. The molecule has 0 aliphatic carbocycles. The van der Waals surface area contributed by atoms with Gasteiger partial charge in [0.1, 0.15) is 0 Å². The Labute approximate surface area is 106 Å². The summed E-state index contributed by atoms with van der Waals surface area (Å²) in [7, 11) is 0. The van der Waals surface area contributed by atoms with Crippen LogP contribution in [0.3, 0.4) is 0 Å². The maximum absolute atomic E-state index is 11.4. The van der Waals surface area contributed by atoms with E-state index in [0.717, 1.165) is 0 Å². The number of carbonyl (C=O) groups is 3. The molecule has 4 N–H and O–H groups in total. The van der Waals surface area contributed by atoms with E-state index in [4.69, 9.17) is 5.11 Å². The molecule has 0 bridgehead atoms. The predicted molar refractivity (Wildman–Crippen MR) is 66.2 cm³/mol. The number of hydrogen-bond donors (Lipinski definition) is 4. The van der Waals surface area contributed by atoms with Crippen LogP contribution >= 0.6 is 0 Å². The van der Waals surface area contributed by atoms with Crippen molar-refractivity contribution in [3.63, 3.8) is 0 Å². The van der Waals surface area contributed by atoms with Crippen molar-refractivity contribution in [1.82, 2.24) is 16.0 Å². The van der Waals surface area contributed by atoms with Crippen molar-refractivity contribution in [2.24, 2.45) is 0 Å². The van der Waals surface area contributed by atoms with Gasteiger partial charge in [0.2, 0.25) is 5.91 Å². The van der Waals surface area contributed by atoms with Gasteiger partial charge in [-0.05, 0) is 13.3 Å². The SMILES string of the molecule is CCNC(=O)CCNC(=O)NC(CC)CC(=O)O. The Bertz CT molecular complexity index is 294. The van der Waals surface area contributed by atoms with E-state index in [1.165, 1.54) is 0 Å². The van der Waals surface area contributed by atoms with E-state index in [0.29, 0.717) is 13.0 Å². The van der Waals surface area contributed by atoms with E-state index in [9.17, 15) is 14.4 Å². The summed E-state index contributed by atoms with van der Waals surface area (Å²) in [5.74, 6) is -1.08. The number of nitrogens with one attached hydrogen (secondary N) is 3. The molecule has 1 atom stereocenters. The molecule has 0 aliphatic rings. The van der Waals surface area contributed by atoms with Crippen LogP contribution in [0.4, 0.5) is 4.79 Å². The van der Waals surface area contributed by atoms with Gasteiger partial charge in [0.15, 0.2) is 0 Å². The fraction of sp³-hybridized carbons (Fsp3) is 0.727. The Balaban J connectivity index is 3.81. The average molecular weight is 259 g/mol. The number of amides is 3. The number of carbonyl (C=O) groups excluding carboxylic acids is 2. The van der Waals surface area contributed by atoms with E-state index in [1.54, 1.807) is 6.92 Å². The molecule has 18 heavy (non-hydrogen) atoms. The summed E-state index contributed by atoms with van der Waals surface area (Å²) in [6, 6.07) is -0.848. The maximum atomic E-state index is 11.4.